The second-order valence-corrected chi connectivity index (χ2v) is 10.2. The van der Waals surface area contributed by atoms with Crippen LogP contribution in [0.2, 0.25) is 0 Å². The number of hydrogen-bond acceptors (Lipinski definition) is 7. The van der Waals surface area contributed by atoms with Crippen LogP contribution in [0.5, 0.6) is 0 Å². The summed E-state index contributed by atoms with van der Waals surface area (Å²) in [5.74, 6) is 0.393. The first kappa shape index (κ1) is 23.6. The van der Waals surface area contributed by atoms with Gasteiger partial charge >= 0.3 is 6.09 Å². The first-order valence-electron chi connectivity index (χ1n) is 13.0. The Bertz CT molecular complexity index is 1680. The zero-order chi connectivity index (χ0) is 26.5. The number of amides is 1. The largest absolute Gasteiger partial charge is 0.465 e. The maximum absolute atomic E-state index is 11.4. The standard InChI is InChI=1S/C28H28N8O3/c29-27-26-22(19-6-7-20-13-35(32-23(20)10-19)12-18-4-2-1-3-5-18)11-24(36(26)31-17-30-27)25-15-33-8-9-34(28(37)38)14-21(33)16-39-25/h1-7,10-11,13,17,21,25H,8-9,12,14-16H2,(H,37,38)(H2,29,30,31). The fourth-order valence-electron chi connectivity index (χ4n) is 5.76. The van der Waals surface area contributed by atoms with Gasteiger partial charge in [-0.3, -0.25) is 9.58 Å². The molecule has 0 radical (unpaired) electrons. The number of carbonyl (C=O) groups is 1. The van der Waals surface area contributed by atoms with Crippen molar-refractivity contribution in [3.05, 3.63) is 78.4 Å². The molecule has 3 aromatic heterocycles. The van der Waals surface area contributed by atoms with Gasteiger partial charge in [-0.1, -0.05) is 42.5 Å². The Kier molecular flexibility index (Phi) is 5.67. The number of aromatic nitrogens is 5. The number of rotatable bonds is 4. The van der Waals surface area contributed by atoms with E-state index in [1.165, 1.54) is 16.8 Å². The van der Waals surface area contributed by atoms with Crippen LogP contribution in [0.15, 0.2) is 67.1 Å². The summed E-state index contributed by atoms with van der Waals surface area (Å²) in [6.07, 6.45) is 2.40. The van der Waals surface area contributed by atoms with Crippen LogP contribution in [0.3, 0.4) is 0 Å². The number of carboxylic acid groups (broad SMARTS) is 1. The van der Waals surface area contributed by atoms with E-state index in [9.17, 15) is 9.90 Å². The minimum Gasteiger partial charge on any atom is -0.465 e. The Morgan fingerprint density at radius 2 is 1.97 bits per heavy atom. The van der Waals surface area contributed by atoms with E-state index in [-0.39, 0.29) is 12.1 Å². The SMILES string of the molecule is Nc1ncnn2c(C3CN4CCN(C(=O)O)CC4CO3)cc(-c3ccc4cn(Cc5ccccc5)nc4c3)c12. The van der Waals surface area contributed by atoms with Gasteiger partial charge in [0, 0.05) is 43.3 Å². The average molecular weight is 525 g/mol. The number of nitrogens with zero attached hydrogens (tertiary/aromatic N) is 7. The molecule has 1 amide bonds. The van der Waals surface area contributed by atoms with Gasteiger partial charge in [0.2, 0.25) is 0 Å². The molecule has 3 N–H and O–H groups in total. The lowest BCUT2D eigenvalue weighted by Crippen LogP contribution is -2.59. The maximum Gasteiger partial charge on any atom is 0.407 e. The molecule has 5 heterocycles. The zero-order valence-electron chi connectivity index (χ0n) is 21.2. The summed E-state index contributed by atoms with van der Waals surface area (Å²) < 4.78 is 10.1. The molecule has 0 spiro atoms. The van der Waals surface area contributed by atoms with Crippen LogP contribution >= 0.6 is 0 Å². The maximum atomic E-state index is 11.4. The van der Waals surface area contributed by atoms with Crippen LogP contribution in [-0.4, -0.2) is 84.2 Å². The third-order valence-electron chi connectivity index (χ3n) is 7.76. The predicted octanol–water partition coefficient (Wildman–Crippen LogP) is 3.11. The quantitative estimate of drug-likeness (QED) is 0.367. The highest BCUT2D eigenvalue weighted by molar-refractivity contribution is 5.92. The second-order valence-electron chi connectivity index (χ2n) is 10.2. The Morgan fingerprint density at radius 3 is 2.82 bits per heavy atom. The van der Waals surface area contributed by atoms with Crippen molar-refractivity contribution < 1.29 is 14.6 Å². The van der Waals surface area contributed by atoms with E-state index in [0.29, 0.717) is 45.1 Å². The van der Waals surface area contributed by atoms with Crippen molar-refractivity contribution in [2.24, 2.45) is 0 Å². The van der Waals surface area contributed by atoms with Crippen LogP contribution in [0.1, 0.15) is 17.4 Å². The minimum absolute atomic E-state index is 0.0462. The molecule has 2 unspecified atom stereocenters. The van der Waals surface area contributed by atoms with Crippen molar-refractivity contribution in [1.82, 2.24) is 34.2 Å². The summed E-state index contributed by atoms with van der Waals surface area (Å²) in [5, 5.41) is 19.8. The summed E-state index contributed by atoms with van der Waals surface area (Å²) in [6.45, 7) is 3.41. The Balaban J connectivity index is 1.22. The van der Waals surface area contributed by atoms with E-state index in [4.69, 9.17) is 15.6 Å². The molecule has 2 aliphatic rings. The van der Waals surface area contributed by atoms with Gasteiger partial charge in [0.1, 0.15) is 17.9 Å². The molecule has 39 heavy (non-hydrogen) atoms. The van der Waals surface area contributed by atoms with Crippen molar-refractivity contribution >= 4 is 28.3 Å². The number of benzene rings is 2. The molecule has 2 saturated heterocycles. The smallest absolute Gasteiger partial charge is 0.407 e. The van der Waals surface area contributed by atoms with Crippen molar-refractivity contribution in [3.8, 4) is 11.1 Å². The topological polar surface area (TPSA) is 127 Å². The van der Waals surface area contributed by atoms with Gasteiger partial charge in [0.05, 0.1) is 30.4 Å². The molecule has 2 atom stereocenters. The monoisotopic (exact) mass is 524 g/mol. The van der Waals surface area contributed by atoms with Crippen molar-refractivity contribution in [2.45, 2.75) is 18.7 Å². The molecule has 0 saturated carbocycles. The van der Waals surface area contributed by atoms with Crippen LogP contribution in [-0.2, 0) is 11.3 Å². The first-order valence-corrected chi connectivity index (χ1v) is 13.0. The van der Waals surface area contributed by atoms with Crippen molar-refractivity contribution in [3.63, 3.8) is 0 Å². The van der Waals surface area contributed by atoms with Gasteiger partial charge in [-0.15, -0.1) is 0 Å². The molecule has 0 aliphatic carbocycles. The van der Waals surface area contributed by atoms with E-state index in [1.807, 2.05) is 27.4 Å². The summed E-state index contributed by atoms with van der Waals surface area (Å²) in [4.78, 5) is 19.5. The van der Waals surface area contributed by atoms with Gasteiger partial charge in [0.25, 0.3) is 0 Å². The van der Waals surface area contributed by atoms with E-state index in [2.05, 4.69) is 57.6 Å². The second kappa shape index (κ2) is 9.37. The molecular weight excluding hydrogens is 496 g/mol. The highest BCUT2D eigenvalue weighted by atomic mass is 16.5. The van der Waals surface area contributed by atoms with Gasteiger partial charge < -0.3 is 20.5 Å². The number of hydrogen-bond donors (Lipinski definition) is 2. The fraction of sp³-hybridized carbons (Fsp3) is 0.286. The van der Waals surface area contributed by atoms with Crippen LogP contribution < -0.4 is 5.73 Å². The number of morpholine rings is 1. The number of anilines is 1. The van der Waals surface area contributed by atoms with Gasteiger partial charge in [-0.05, 0) is 23.3 Å². The predicted molar refractivity (Wildman–Crippen MR) is 145 cm³/mol. The molecule has 2 aromatic carbocycles. The number of fused-ring (bicyclic) bond motifs is 3. The number of piperazine rings is 1. The molecular formula is C28H28N8O3. The van der Waals surface area contributed by atoms with Gasteiger partial charge in [-0.2, -0.15) is 10.2 Å². The summed E-state index contributed by atoms with van der Waals surface area (Å²) >= 11 is 0. The molecule has 11 heteroatoms. The molecule has 2 fully saturated rings. The highest BCUT2D eigenvalue weighted by Gasteiger charge is 2.37. The van der Waals surface area contributed by atoms with Crippen LogP contribution in [0, 0.1) is 0 Å². The summed E-state index contributed by atoms with van der Waals surface area (Å²) in [6, 6.07) is 18.6. The number of nitrogen functional groups attached to an aromatic ring is 1. The molecule has 2 aliphatic heterocycles. The lowest BCUT2D eigenvalue weighted by Gasteiger charge is -2.45. The van der Waals surface area contributed by atoms with Crippen molar-refractivity contribution in [2.75, 3.05) is 38.5 Å². The number of nitrogens with two attached hydrogens (primary N) is 1. The summed E-state index contributed by atoms with van der Waals surface area (Å²) in [7, 11) is 0. The molecule has 11 nitrogen and oxygen atoms in total. The highest BCUT2D eigenvalue weighted by Crippen LogP contribution is 2.36. The lowest BCUT2D eigenvalue weighted by atomic mass is 10.0. The van der Waals surface area contributed by atoms with E-state index < -0.39 is 6.09 Å². The van der Waals surface area contributed by atoms with E-state index >= 15 is 0 Å². The van der Waals surface area contributed by atoms with Crippen molar-refractivity contribution in [1.29, 1.82) is 0 Å². The number of ether oxygens (including phenoxy) is 1. The third-order valence-corrected chi connectivity index (χ3v) is 7.76. The Hall–Kier alpha value is -4.48. The molecule has 5 aromatic rings. The minimum atomic E-state index is -0.881. The van der Waals surface area contributed by atoms with E-state index in [1.54, 1.807) is 0 Å². The van der Waals surface area contributed by atoms with Crippen LogP contribution in [0.25, 0.3) is 27.5 Å². The molecule has 0 bridgehead atoms. The summed E-state index contributed by atoms with van der Waals surface area (Å²) in [5.41, 5.74) is 12.0. The van der Waals surface area contributed by atoms with Crippen LogP contribution in [0.4, 0.5) is 10.6 Å². The Morgan fingerprint density at radius 1 is 1.10 bits per heavy atom. The van der Waals surface area contributed by atoms with E-state index in [0.717, 1.165) is 33.2 Å². The normalized spacial score (nSPS) is 19.9. The molecule has 198 valence electrons. The Labute approximate surface area is 224 Å². The zero-order valence-corrected chi connectivity index (χ0v) is 21.2. The molecule has 7 rings (SSSR count). The fourth-order valence-corrected chi connectivity index (χ4v) is 5.76. The van der Waals surface area contributed by atoms with Gasteiger partial charge in [-0.25, -0.2) is 14.3 Å². The first-order chi connectivity index (χ1) is 19.0. The third kappa shape index (κ3) is 4.25. The lowest BCUT2D eigenvalue weighted by molar-refractivity contribution is -0.0885. The van der Waals surface area contributed by atoms with Gasteiger partial charge in [0.15, 0.2) is 5.82 Å². The average Bonchev–Trinajstić information content (AvgIpc) is 3.54.